The molecule has 1 aromatic heterocycles. The number of hydrogen-bond donors (Lipinski definition) is 1. The lowest BCUT2D eigenvalue weighted by atomic mass is 10.2. The van der Waals surface area contributed by atoms with Crippen molar-refractivity contribution in [3.8, 4) is 11.4 Å². The Labute approximate surface area is 157 Å². The van der Waals surface area contributed by atoms with Crippen molar-refractivity contribution in [2.45, 2.75) is 6.61 Å². The van der Waals surface area contributed by atoms with E-state index in [9.17, 15) is 9.59 Å². The molecule has 0 saturated carbocycles. The zero-order valence-electron chi connectivity index (χ0n) is 13.5. The quantitative estimate of drug-likeness (QED) is 0.621. The number of hydrogen-bond acceptors (Lipinski definition) is 6. The van der Waals surface area contributed by atoms with Crippen LogP contribution in [0.25, 0.3) is 11.4 Å². The van der Waals surface area contributed by atoms with Crippen molar-refractivity contribution in [3.63, 3.8) is 0 Å². The molecule has 0 spiro atoms. The van der Waals surface area contributed by atoms with E-state index in [-0.39, 0.29) is 24.9 Å². The molecule has 0 bridgehead atoms. The minimum Gasteiger partial charge on any atom is -0.454 e. The van der Waals surface area contributed by atoms with E-state index in [1.54, 1.807) is 30.3 Å². The summed E-state index contributed by atoms with van der Waals surface area (Å²) >= 11 is 3.37. The number of esters is 1. The van der Waals surface area contributed by atoms with Gasteiger partial charge >= 0.3 is 5.97 Å². The number of rotatable bonds is 6. The Bertz CT molecular complexity index is 912. The van der Waals surface area contributed by atoms with Gasteiger partial charge in [0.05, 0.1) is 0 Å². The van der Waals surface area contributed by atoms with Gasteiger partial charge in [0.2, 0.25) is 5.82 Å². The molecule has 0 aliphatic heterocycles. The van der Waals surface area contributed by atoms with E-state index in [4.69, 9.17) is 9.26 Å². The van der Waals surface area contributed by atoms with Gasteiger partial charge in [-0.1, -0.05) is 51.4 Å². The third-order valence-corrected chi connectivity index (χ3v) is 3.83. The monoisotopic (exact) mass is 415 g/mol. The Morgan fingerprint density at radius 2 is 1.92 bits per heavy atom. The minimum atomic E-state index is -0.600. The van der Waals surface area contributed by atoms with Crippen molar-refractivity contribution in [3.05, 3.63) is 70.5 Å². The van der Waals surface area contributed by atoms with Gasteiger partial charge in [-0.3, -0.25) is 9.59 Å². The van der Waals surface area contributed by atoms with E-state index in [1.165, 1.54) is 0 Å². The van der Waals surface area contributed by atoms with E-state index < -0.39 is 5.97 Å². The van der Waals surface area contributed by atoms with E-state index >= 15 is 0 Å². The van der Waals surface area contributed by atoms with Gasteiger partial charge in [0, 0.05) is 15.6 Å². The second-order valence-electron chi connectivity index (χ2n) is 5.23. The number of ether oxygens (including phenoxy) is 1. The molecule has 7 nitrogen and oxygen atoms in total. The van der Waals surface area contributed by atoms with Gasteiger partial charge in [-0.2, -0.15) is 4.98 Å². The normalized spacial score (nSPS) is 10.3. The van der Waals surface area contributed by atoms with Gasteiger partial charge in [0.25, 0.3) is 11.8 Å². The Balaban J connectivity index is 1.48. The molecule has 132 valence electrons. The molecule has 0 radical (unpaired) electrons. The summed E-state index contributed by atoms with van der Waals surface area (Å²) in [4.78, 5) is 27.8. The van der Waals surface area contributed by atoms with Gasteiger partial charge in [-0.15, -0.1) is 0 Å². The molecule has 0 fully saturated rings. The van der Waals surface area contributed by atoms with E-state index in [1.807, 2.05) is 24.3 Å². The number of halogens is 1. The second kappa shape index (κ2) is 8.39. The largest absolute Gasteiger partial charge is 0.454 e. The minimum absolute atomic E-state index is 0.166. The zero-order valence-corrected chi connectivity index (χ0v) is 15.1. The molecule has 0 atom stereocenters. The van der Waals surface area contributed by atoms with Gasteiger partial charge < -0.3 is 14.6 Å². The van der Waals surface area contributed by atoms with Crippen LogP contribution in [-0.2, 0) is 16.1 Å². The molecular weight excluding hydrogens is 402 g/mol. The maximum atomic E-state index is 11.8. The topological polar surface area (TPSA) is 94.3 Å². The van der Waals surface area contributed by atoms with Crippen LogP contribution >= 0.6 is 15.9 Å². The number of carbonyl (C=O) groups is 2. The molecule has 8 heteroatoms. The summed E-state index contributed by atoms with van der Waals surface area (Å²) in [7, 11) is 0. The molecule has 0 unspecified atom stereocenters. The molecule has 0 aliphatic rings. The molecular formula is C18H14BrN3O4. The molecule has 1 amide bonds. The number of carbonyl (C=O) groups excluding carboxylic acids is 2. The SMILES string of the molecule is O=C(CNC(=O)c1ccccc1)OCc1nc(-c2cccc(Br)c2)no1. The Morgan fingerprint density at radius 1 is 1.12 bits per heavy atom. The van der Waals surface area contributed by atoms with Crippen LogP contribution < -0.4 is 5.32 Å². The molecule has 2 aromatic carbocycles. The van der Waals surface area contributed by atoms with Gasteiger partial charge in [-0.05, 0) is 24.3 Å². The van der Waals surface area contributed by atoms with Crippen LogP contribution in [0.4, 0.5) is 0 Å². The maximum Gasteiger partial charge on any atom is 0.325 e. The van der Waals surface area contributed by atoms with E-state index in [0.29, 0.717) is 11.4 Å². The average molecular weight is 416 g/mol. The first-order valence-corrected chi connectivity index (χ1v) is 8.48. The molecule has 3 rings (SSSR count). The number of amides is 1. The van der Waals surface area contributed by atoms with Crippen LogP contribution in [0.2, 0.25) is 0 Å². The lowest BCUT2D eigenvalue weighted by molar-refractivity contribution is -0.144. The fraction of sp³-hybridized carbons (Fsp3) is 0.111. The first-order chi connectivity index (χ1) is 12.6. The summed E-state index contributed by atoms with van der Waals surface area (Å²) in [5.41, 5.74) is 1.24. The standard InChI is InChI=1S/C18H14BrN3O4/c19-14-8-4-7-13(9-14)17-21-15(26-22-17)11-25-16(23)10-20-18(24)12-5-2-1-3-6-12/h1-9H,10-11H2,(H,20,24). The van der Waals surface area contributed by atoms with Crippen LogP contribution in [0.15, 0.2) is 63.6 Å². The highest BCUT2D eigenvalue weighted by molar-refractivity contribution is 9.10. The maximum absolute atomic E-state index is 11.8. The molecule has 1 N–H and O–H groups in total. The summed E-state index contributed by atoms with van der Waals surface area (Å²) in [6, 6.07) is 16.0. The fourth-order valence-electron chi connectivity index (χ4n) is 2.10. The Morgan fingerprint density at radius 3 is 2.69 bits per heavy atom. The fourth-order valence-corrected chi connectivity index (χ4v) is 2.49. The highest BCUT2D eigenvalue weighted by Gasteiger charge is 2.12. The smallest absolute Gasteiger partial charge is 0.325 e. The van der Waals surface area contributed by atoms with Crippen LogP contribution in [0, 0.1) is 0 Å². The summed E-state index contributed by atoms with van der Waals surface area (Å²) in [5, 5.41) is 6.34. The van der Waals surface area contributed by atoms with Crippen LogP contribution in [0.1, 0.15) is 16.2 Å². The lowest BCUT2D eigenvalue weighted by Crippen LogP contribution is -2.30. The predicted molar refractivity (Wildman–Crippen MR) is 96.0 cm³/mol. The first kappa shape index (κ1) is 17.8. The van der Waals surface area contributed by atoms with Crippen LogP contribution in [0.5, 0.6) is 0 Å². The molecule has 26 heavy (non-hydrogen) atoms. The number of benzene rings is 2. The predicted octanol–water partition coefficient (Wildman–Crippen LogP) is 2.97. The van der Waals surface area contributed by atoms with E-state index in [0.717, 1.165) is 10.0 Å². The molecule has 3 aromatic rings. The molecule has 1 heterocycles. The molecule has 0 aliphatic carbocycles. The lowest BCUT2D eigenvalue weighted by Gasteiger charge is -2.04. The summed E-state index contributed by atoms with van der Waals surface area (Å²) < 4.78 is 11.0. The van der Waals surface area contributed by atoms with Crippen molar-refractivity contribution >= 4 is 27.8 Å². The van der Waals surface area contributed by atoms with Gasteiger partial charge in [-0.25, -0.2) is 0 Å². The Hall–Kier alpha value is -3.00. The van der Waals surface area contributed by atoms with Gasteiger partial charge in [0.15, 0.2) is 6.61 Å². The average Bonchev–Trinajstić information content (AvgIpc) is 3.14. The van der Waals surface area contributed by atoms with Crippen molar-refractivity contribution in [2.75, 3.05) is 6.54 Å². The summed E-state index contributed by atoms with van der Waals surface area (Å²) in [6.07, 6.45) is 0. The van der Waals surface area contributed by atoms with Crippen molar-refractivity contribution in [1.29, 1.82) is 0 Å². The third-order valence-electron chi connectivity index (χ3n) is 3.34. The highest BCUT2D eigenvalue weighted by Crippen LogP contribution is 2.20. The van der Waals surface area contributed by atoms with E-state index in [2.05, 4.69) is 31.4 Å². The van der Waals surface area contributed by atoms with Crippen LogP contribution in [-0.4, -0.2) is 28.6 Å². The summed E-state index contributed by atoms with van der Waals surface area (Å²) in [6.45, 7) is -0.415. The van der Waals surface area contributed by atoms with Crippen molar-refractivity contribution in [1.82, 2.24) is 15.5 Å². The molecule has 0 saturated heterocycles. The number of nitrogens with zero attached hydrogens (tertiary/aromatic N) is 2. The van der Waals surface area contributed by atoms with Crippen molar-refractivity contribution in [2.24, 2.45) is 0 Å². The van der Waals surface area contributed by atoms with Crippen LogP contribution in [0.3, 0.4) is 0 Å². The number of aromatic nitrogens is 2. The first-order valence-electron chi connectivity index (χ1n) is 7.69. The third kappa shape index (κ3) is 4.76. The van der Waals surface area contributed by atoms with Gasteiger partial charge in [0.1, 0.15) is 6.54 Å². The Kier molecular flexibility index (Phi) is 5.75. The van der Waals surface area contributed by atoms with Crippen molar-refractivity contribution < 1.29 is 18.8 Å². The second-order valence-corrected chi connectivity index (χ2v) is 6.15. The summed E-state index contributed by atoms with van der Waals surface area (Å²) in [5.74, 6) is -0.383. The zero-order chi connectivity index (χ0) is 18.4. The number of nitrogens with one attached hydrogen (secondary N) is 1. The highest BCUT2D eigenvalue weighted by atomic mass is 79.9.